The lowest BCUT2D eigenvalue weighted by Gasteiger charge is -2.23. The van der Waals surface area contributed by atoms with Gasteiger partial charge in [-0.15, -0.1) is 0 Å². The van der Waals surface area contributed by atoms with Crippen LogP contribution in [0.3, 0.4) is 0 Å². The SMILES string of the molecule is CCC1=CC(=O)CC(C(F)(F)F)C1. The zero-order chi connectivity index (χ0) is 10.1. The van der Waals surface area contributed by atoms with Crippen LogP contribution in [0.5, 0.6) is 0 Å². The van der Waals surface area contributed by atoms with Gasteiger partial charge in [0.05, 0.1) is 5.92 Å². The van der Waals surface area contributed by atoms with Gasteiger partial charge in [-0.3, -0.25) is 4.79 Å². The van der Waals surface area contributed by atoms with E-state index in [0.29, 0.717) is 12.0 Å². The molecule has 0 amide bonds. The van der Waals surface area contributed by atoms with Gasteiger partial charge < -0.3 is 0 Å². The smallest absolute Gasteiger partial charge is 0.295 e. The van der Waals surface area contributed by atoms with Crippen molar-refractivity contribution < 1.29 is 18.0 Å². The average molecular weight is 192 g/mol. The molecule has 0 fully saturated rings. The van der Waals surface area contributed by atoms with E-state index < -0.39 is 17.9 Å². The van der Waals surface area contributed by atoms with Crippen molar-refractivity contribution in [3.63, 3.8) is 0 Å². The number of carbonyl (C=O) groups is 1. The van der Waals surface area contributed by atoms with E-state index in [1.165, 1.54) is 6.08 Å². The predicted octanol–water partition coefficient (Wildman–Crippen LogP) is 2.86. The molecule has 1 aliphatic carbocycles. The minimum atomic E-state index is -4.23. The average Bonchev–Trinajstić information content (AvgIpc) is 2.01. The second kappa shape index (κ2) is 3.52. The highest BCUT2D eigenvalue weighted by Crippen LogP contribution is 2.37. The summed E-state index contributed by atoms with van der Waals surface area (Å²) in [4.78, 5) is 10.9. The first-order valence-electron chi connectivity index (χ1n) is 4.22. The Labute approximate surface area is 74.6 Å². The van der Waals surface area contributed by atoms with Crippen LogP contribution in [-0.4, -0.2) is 12.0 Å². The zero-order valence-electron chi connectivity index (χ0n) is 7.32. The van der Waals surface area contributed by atoms with Crippen molar-refractivity contribution in [2.45, 2.75) is 32.4 Å². The quantitative estimate of drug-likeness (QED) is 0.624. The Balaban J connectivity index is 2.75. The molecule has 0 radical (unpaired) electrons. The number of ketones is 1. The summed E-state index contributed by atoms with van der Waals surface area (Å²) in [5.74, 6) is -1.86. The van der Waals surface area contributed by atoms with Crippen LogP contribution in [0.15, 0.2) is 11.6 Å². The molecule has 0 aliphatic heterocycles. The molecule has 1 unspecified atom stereocenters. The lowest BCUT2D eigenvalue weighted by molar-refractivity contribution is -0.178. The molecule has 1 aliphatic rings. The van der Waals surface area contributed by atoms with Crippen LogP contribution in [0.25, 0.3) is 0 Å². The minimum absolute atomic E-state index is 0.00819. The van der Waals surface area contributed by atoms with Crippen molar-refractivity contribution in [2.75, 3.05) is 0 Å². The van der Waals surface area contributed by atoms with Gasteiger partial charge in [-0.1, -0.05) is 12.5 Å². The number of hydrogen-bond acceptors (Lipinski definition) is 1. The number of rotatable bonds is 1. The Kier molecular flexibility index (Phi) is 2.78. The third-order valence-electron chi connectivity index (χ3n) is 2.24. The maximum atomic E-state index is 12.2. The molecule has 0 saturated carbocycles. The van der Waals surface area contributed by atoms with Gasteiger partial charge >= 0.3 is 6.18 Å². The molecule has 4 heteroatoms. The van der Waals surface area contributed by atoms with Gasteiger partial charge in [0.15, 0.2) is 5.78 Å². The maximum Gasteiger partial charge on any atom is 0.392 e. The molecule has 1 nitrogen and oxygen atoms in total. The van der Waals surface area contributed by atoms with Gasteiger partial charge in [0, 0.05) is 6.42 Å². The van der Waals surface area contributed by atoms with Crippen molar-refractivity contribution >= 4 is 5.78 Å². The van der Waals surface area contributed by atoms with Crippen LogP contribution < -0.4 is 0 Å². The fraction of sp³-hybridized carbons (Fsp3) is 0.667. The summed E-state index contributed by atoms with van der Waals surface area (Å²) >= 11 is 0. The number of allylic oxidation sites excluding steroid dienone is 2. The van der Waals surface area contributed by atoms with Crippen LogP contribution in [0.4, 0.5) is 13.2 Å². The Morgan fingerprint density at radius 1 is 1.46 bits per heavy atom. The molecule has 0 aromatic rings. The van der Waals surface area contributed by atoms with Gasteiger partial charge in [-0.2, -0.15) is 13.2 Å². The molecule has 0 aromatic carbocycles. The summed E-state index contributed by atoms with van der Waals surface area (Å²) in [6, 6.07) is 0. The molecule has 74 valence electrons. The Bertz CT molecular complexity index is 240. The first-order valence-corrected chi connectivity index (χ1v) is 4.22. The third-order valence-corrected chi connectivity index (χ3v) is 2.24. The number of hydrogen-bond donors (Lipinski definition) is 0. The summed E-state index contributed by atoms with van der Waals surface area (Å²) in [7, 11) is 0. The van der Waals surface area contributed by atoms with Crippen LogP contribution in [-0.2, 0) is 4.79 Å². The number of carbonyl (C=O) groups excluding carboxylic acids is 1. The molecule has 0 bridgehead atoms. The van der Waals surface area contributed by atoms with Gasteiger partial charge in [-0.05, 0) is 18.9 Å². The Hall–Kier alpha value is -0.800. The van der Waals surface area contributed by atoms with Crippen molar-refractivity contribution in [1.29, 1.82) is 0 Å². The van der Waals surface area contributed by atoms with E-state index in [4.69, 9.17) is 0 Å². The molecular weight excluding hydrogens is 181 g/mol. The maximum absolute atomic E-state index is 12.2. The van der Waals surface area contributed by atoms with Crippen molar-refractivity contribution in [2.24, 2.45) is 5.92 Å². The Morgan fingerprint density at radius 2 is 2.08 bits per heavy atom. The largest absolute Gasteiger partial charge is 0.392 e. The topological polar surface area (TPSA) is 17.1 Å². The standard InChI is InChI=1S/C9H11F3O/c1-2-6-3-7(9(10,11)12)5-8(13)4-6/h4,7H,2-3,5H2,1H3. The summed E-state index contributed by atoms with van der Waals surface area (Å²) in [6.07, 6.45) is -2.75. The third kappa shape index (κ3) is 2.57. The van der Waals surface area contributed by atoms with Crippen LogP contribution in [0, 0.1) is 5.92 Å². The first-order chi connectivity index (χ1) is 5.93. The molecular formula is C9H11F3O. The molecule has 0 spiro atoms. The summed E-state index contributed by atoms with van der Waals surface area (Å²) < 4.78 is 36.7. The first kappa shape index (κ1) is 10.3. The minimum Gasteiger partial charge on any atom is -0.295 e. The van der Waals surface area contributed by atoms with Crippen LogP contribution in [0.1, 0.15) is 26.2 Å². The molecule has 0 heterocycles. The molecule has 0 aromatic heterocycles. The van der Waals surface area contributed by atoms with E-state index in [1.807, 2.05) is 0 Å². The van der Waals surface area contributed by atoms with Crippen LogP contribution >= 0.6 is 0 Å². The van der Waals surface area contributed by atoms with Crippen molar-refractivity contribution in [3.05, 3.63) is 11.6 Å². The lowest BCUT2D eigenvalue weighted by atomic mass is 9.86. The van der Waals surface area contributed by atoms with Gasteiger partial charge in [0.2, 0.25) is 0 Å². The van der Waals surface area contributed by atoms with E-state index >= 15 is 0 Å². The molecule has 13 heavy (non-hydrogen) atoms. The summed E-state index contributed by atoms with van der Waals surface area (Å²) in [5.41, 5.74) is 0.610. The second-order valence-electron chi connectivity index (χ2n) is 3.27. The van der Waals surface area contributed by atoms with Gasteiger partial charge in [-0.25, -0.2) is 0 Å². The fourth-order valence-corrected chi connectivity index (χ4v) is 1.45. The zero-order valence-corrected chi connectivity index (χ0v) is 7.32. The molecule has 1 rings (SSSR count). The fourth-order valence-electron chi connectivity index (χ4n) is 1.45. The highest BCUT2D eigenvalue weighted by molar-refractivity contribution is 5.91. The van der Waals surface area contributed by atoms with Crippen molar-refractivity contribution in [1.82, 2.24) is 0 Å². The predicted molar refractivity (Wildman–Crippen MR) is 42.2 cm³/mol. The summed E-state index contributed by atoms with van der Waals surface area (Å²) in [6.45, 7) is 1.76. The summed E-state index contributed by atoms with van der Waals surface area (Å²) in [5, 5.41) is 0. The molecule has 0 N–H and O–H groups in total. The van der Waals surface area contributed by atoms with E-state index in [1.54, 1.807) is 6.92 Å². The normalized spacial score (nSPS) is 24.5. The van der Waals surface area contributed by atoms with E-state index in [-0.39, 0.29) is 12.8 Å². The molecule has 0 saturated heterocycles. The highest BCUT2D eigenvalue weighted by atomic mass is 19.4. The highest BCUT2D eigenvalue weighted by Gasteiger charge is 2.42. The number of alkyl halides is 3. The van der Waals surface area contributed by atoms with Gasteiger partial charge in [0.25, 0.3) is 0 Å². The number of halogens is 3. The monoisotopic (exact) mass is 192 g/mol. The van der Waals surface area contributed by atoms with Gasteiger partial charge in [0.1, 0.15) is 0 Å². The van der Waals surface area contributed by atoms with Crippen LogP contribution in [0.2, 0.25) is 0 Å². The van der Waals surface area contributed by atoms with E-state index in [9.17, 15) is 18.0 Å². The Morgan fingerprint density at radius 3 is 2.54 bits per heavy atom. The van der Waals surface area contributed by atoms with Crippen molar-refractivity contribution in [3.8, 4) is 0 Å². The lowest BCUT2D eigenvalue weighted by Crippen LogP contribution is -2.28. The second-order valence-corrected chi connectivity index (χ2v) is 3.27. The van der Waals surface area contributed by atoms with E-state index in [0.717, 1.165) is 0 Å². The van der Waals surface area contributed by atoms with E-state index in [2.05, 4.69) is 0 Å². The molecule has 1 atom stereocenters.